The van der Waals surface area contributed by atoms with Crippen molar-refractivity contribution in [1.82, 2.24) is 0 Å². The molecule has 0 fully saturated rings. The molecule has 0 aliphatic carbocycles. The summed E-state index contributed by atoms with van der Waals surface area (Å²) in [4.78, 5) is 10.4. The van der Waals surface area contributed by atoms with Crippen LogP contribution in [0.25, 0.3) is 0 Å². The summed E-state index contributed by atoms with van der Waals surface area (Å²) in [7, 11) is 0. The first kappa shape index (κ1) is 5.82. The van der Waals surface area contributed by atoms with Crippen molar-refractivity contribution >= 4 is 5.91 Å². The second-order valence-electron chi connectivity index (χ2n) is 1.57. The van der Waals surface area contributed by atoms with Crippen LogP contribution in [0.2, 0.25) is 0 Å². The van der Waals surface area contributed by atoms with E-state index in [1.54, 1.807) is 18.2 Å². The minimum absolute atomic E-state index is 0.373. The van der Waals surface area contributed by atoms with Gasteiger partial charge in [0.1, 0.15) is 0 Å². The number of rotatable bonds is 1. The largest absolute Gasteiger partial charge is 0.366 e. The van der Waals surface area contributed by atoms with Gasteiger partial charge in [-0.25, -0.2) is 0 Å². The Labute approximate surface area is 53.3 Å². The van der Waals surface area contributed by atoms with Crippen LogP contribution in [0.1, 0.15) is 10.4 Å². The number of benzene rings is 1. The third kappa shape index (κ3) is 1.29. The number of hydrogen-bond acceptors (Lipinski definition) is 1. The maximum atomic E-state index is 10.4. The van der Waals surface area contributed by atoms with Crippen molar-refractivity contribution in [2.75, 3.05) is 0 Å². The van der Waals surface area contributed by atoms with Crippen LogP contribution in [0.3, 0.4) is 0 Å². The zero-order valence-electron chi connectivity index (χ0n) is 4.72. The van der Waals surface area contributed by atoms with Crippen molar-refractivity contribution in [2.45, 2.75) is 0 Å². The molecule has 2 N–H and O–H groups in total. The van der Waals surface area contributed by atoms with Gasteiger partial charge in [0.05, 0.1) is 0 Å². The van der Waals surface area contributed by atoms with Gasteiger partial charge >= 0.3 is 0 Å². The molecular weight excluding hydrogens is 114 g/mol. The first-order valence-electron chi connectivity index (χ1n) is 2.49. The summed E-state index contributed by atoms with van der Waals surface area (Å²) in [6.07, 6.45) is 0. The highest BCUT2D eigenvalue weighted by molar-refractivity contribution is 5.92. The fourth-order valence-corrected chi connectivity index (χ4v) is 0.497. The Morgan fingerprint density at radius 1 is 1.67 bits per heavy atom. The second kappa shape index (κ2) is 2.31. The molecule has 2 heteroatoms. The van der Waals surface area contributed by atoms with Crippen LogP contribution < -0.4 is 5.73 Å². The highest BCUT2D eigenvalue weighted by atomic mass is 16.1. The fourth-order valence-electron chi connectivity index (χ4n) is 0.497. The molecule has 0 atom stereocenters. The molecular formula is C7H5NO. The normalized spacial score (nSPS) is 8.89. The molecule has 0 heterocycles. The number of hydrogen-bond donors (Lipinski definition) is 1. The van der Waals surface area contributed by atoms with Gasteiger partial charge in [0.2, 0.25) is 5.91 Å². The number of carbonyl (C=O) groups is 1. The second-order valence-corrected chi connectivity index (χ2v) is 1.57. The van der Waals surface area contributed by atoms with Gasteiger partial charge in [-0.1, -0.05) is 12.1 Å². The molecule has 1 aromatic rings. The number of primary amides is 1. The summed E-state index contributed by atoms with van der Waals surface area (Å²) in [6.45, 7) is 0. The summed E-state index contributed by atoms with van der Waals surface area (Å²) in [6, 6.07) is 10.1. The van der Waals surface area contributed by atoms with E-state index in [1.807, 2.05) is 0 Å². The molecule has 44 valence electrons. The molecule has 0 aliphatic heterocycles. The third-order valence-electron chi connectivity index (χ3n) is 0.915. The van der Waals surface area contributed by atoms with E-state index in [9.17, 15) is 4.79 Å². The average molecular weight is 119 g/mol. The minimum atomic E-state index is -0.466. The fraction of sp³-hybridized carbons (Fsp3) is 0. The Hall–Kier alpha value is -1.31. The third-order valence-corrected chi connectivity index (χ3v) is 0.915. The number of nitrogens with two attached hydrogens (primary N) is 1. The van der Waals surface area contributed by atoms with Crippen LogP contribution in [0, 0.1) is 12.1 Å². The first-order valence-corrected chi connectivity index (χ1v) is 2.49. The van der Waals surface area contributed by atoms with E-state index in [0.717, 1.165) is 0 Å². The Morgan fingerprint density at radius 3 is 2.78 bits per heavy atom. The topological polar surface area (TPSA) is 43.1 Å². The van der Waals surface area contributed by atoms with Crippen molar-refractivity contribution in [1.29, 1.82) is 0 Å². The van der Waals surface area contributed by atoms with Gasteiger partial charge in [0.15, 0.2) is 0 Å². The van der Waals surface area contributed by atoms with Crippen LogP contribution in [0.5, 0.6) is 0 Å². The molecule has 0 unspecified atom stereocenters. The molecule has 0 aromatic heterocycles. The van der Waals surface area contributed by atoms with Crippen LogP contribution in [-0.2, 0) is 0 Å². The quantitative estimate of drug-likeness (QED) is 0.570. The lowest BCUT2D eigenvalue weighted by molar-refractivity contribution is 0.1000. The van der Waals surface area contributed by atoms with E-state index in [1.165, 1.54) is 0 Å². The van der Waals surface area contributed by atoms with E-state index in [4.69, 9.17) is 5.73 Å². The monoisotopic (exact) mass is 119 g/mol. The highest BCUT2D eigenvalue weighted by Gasteiger charge is 1.94. The van der Waals surface area contributed by atoms with Crippen molar-refractivity contribution in [3.63, 3.8) is 0 Å². The number of carbonyl (C=O) groups excluding carboxylic acids is 1. The van der Waals surface area contributed by atoms with Crippen molar-refractivity contribution < 1.29 is 4.79 Å². The van der Waals surface area contributed by atoms with Gasteiger partial charge in [-0.2, -0.15) is 0 Å². The molecule has 0 spiro atoms. The Kier molecular flexibility index (Phi) is 1.49. The van der Waals surface area contributed by atoms with E-state index < -0.39 is 5.91 Å². The molecule has 1 aromatic carbocycles. The smallest absolute Gasteiger partial charge is 0.249 e. The van der Waals surface area contributed by atoms with Gasteiger partial charge in [0.25, 0.3) is 0 Å². The van der Waals surface area contributed by atoms with Crippen LogP contribution in [0.15, 0.2) is 18.2 Å². The molecule has 1 amide bonds. The van der Waals surface area contributed by atoms with Gasteiger partial charge in [-0.05, 0) is 12.1 Å². The predicted octanol–water partition coefficient (Wildman–Crippen LogP) is 0.386. The minimum Gasteiger partial charge on any atom is -0.366 e. The zero-order chi connectivity index (χ0) is 6.69. The Bertz CT molecular complexity index is 205. The standard InChI is InChI=1S/C7H5NO/c8-7(9)6-4-2-1-3-5-6/h1-2,4H,(H2,8,9). The van der Waals surface area contributed by atoms with Crippen molar-refractivity contribution in [2.24, 2.45) is 5.73 Å². The van der Waals surface area contributed by atoms with E-state index in [2.05, 4.69) is 12.1 Å². The molecule has 2 radical (unpaired) electrons. The lowest BCUT2D eigenvalue weighted by Crippen LogP contribution is -2.10. The molecule has 0 saturated carbocycles. The highest BCUT2D eigenvalue weighted by Crippen LogP contribution is 1.92. The van der Waals surface area contributed by atoms with Gasteiger partial charge in [-0.3, -0.25) is 4.79 Å². The van der Waals surface area contributed by atoms with Crippen LogP contribution in [-0.4, -0.2) is 5.91 Å². The predicted molar refractivity (Wildman–Crippen MR) is 32.6 cm³/mol. The Morgan fingerprint density at radius 2 is 2.44 bits per heavy atom. The van der Waals surface area contributed by atoms with E-state index in [0.29, 0.717) is 5.56 Å². The molecule has 0 aliphatic rings. The molecule has 1 rings (SSSR count). The van der Waals surface area contributed by atoms with Gasteiger partial charge in [-0.15, -0.1) is 0 Å². The SMILES string of the molecule is NC(=O)c1[c][c]ccc1. The summed E-state index contributed by atoms with van der Waals surface area (Å²) in [5.74, 6) is -0.466. The lowest BCUT2D eigenvalue weighted by Gasteiger charge is -1.88. The average Bonchev–Trinajstić information content (AvgIpc) is 1.90. The van der Waals surface area contributed by atoms with Gasteiger partial charge in [0, 0.05) is 11.6 Å². The number of amides is 1. The van der Waals surface area contributed by atoms with Gasteiger partial charge < -0.3 is 5.73 Å². The van der Waals surface area contributed by atoms with E-state index in [-0.39, 0.29) is 0 Å². The summed E-state index contributed by atoms with van der Waals surface area (Å²) >= 11 is 0. The maximum absolute atomic E-state index is 10.4. The van der Waals surface area contributed by atoms with Crippen molar-refractivity contribution in [3.8, 4) is 0 Å². The van der Waals surface area contributed by atoms with Crippen molar-refractivity contribution in [3.05, 3.63) is 35.9 Å². The molecule has 2 nitrogen and oxygen atoms in total. The van der Waals surface area contributed by atoms with Crippen LogP contribution in [0.4, 0.5) is 0 Å². The summed E-state index contributed by atoms with van der Waals surface area (Å²) in [5.41, 5.74) is 5.30. The molecule has 0 saturated heterocycles. The van der Waals surface area contributed by atoms with Crippen LogP contribution >= 0.6 is 0 Å². The maximum Gasteiger partial charge on any atom is 0.249 e. The zero-order valence-corrected chi connectivity index (χ0v) is 4.72. The molecule has 0 bridgehead atoms. The first-order chi connectivity index (χ1) is 4.30. The Balaban J connectivity index is 2.98. The van der Waals surface area contributed by atoms with E-state index >= 15 is 0 Å². The lowest BCUT2D eigenvalue weighted by atomic mass is 10.2. The summed E-state index contributed by atoms with van der Waals surface area (Å²) < 4.78 is 0. The summed E-state index contributed by atoms with van der Waals surface area (Å²) in [5, 5.41) is 0. The molecule has 9 heavy (non-hydrogen) atoms.